The molecular weight excluding hydrogens is 342 g/mol. The number of ketones is 1. The molecule has 2 rings (SSSR count). The Morgan fingerprint density at radius 1 is 0.923 bits per heavy atom. The van der Waals surface area contributed by atoms with Crippen LogP contribution in [0, 0.1) is 0 Å². The maximum atomic E-state index is 12.0. The average molecular weight is 357 g/mol. The molecular formula is C18H15NO7. The first-order valence-corrected chi connectivity index (χ1v) is 7.41. The summed E-state index contributed by atoms with van der Waals surface area (Å²) >= 11 is 0. The van der Waals surface area contributed by atoms with Gasteiger partial charge in [-0.2, -0.15) is 0 Å². The molecule has 3 N–H and O–H groups in total. The monoisotopic (exact) mass is 357 g/mol. The van der Waals surface area contributed by atoms with Crippen molar-refractivity contribution < 1.29 is 34.1 Å². The summed E-state index contributed by atoms with van der Waals surface area (Å²) < 4.78 is 5.19. The Balaban J connectivity index is 2.07. The van der Waals surface area contributed by atoms with E-state index in [4.69, 9.17) is 14.9 Å². The number of benzene rings is 2. The summed E-state index contributed by atoms with van der Waals surface area (Å²) in [5.74, 6) is -3.39. The number of carbonyl (C=O) groups excluding carboxylic acids is 2. The summed E-state index contributed by atoms with van der Waals surface area (Å²) in [6.45, 7) is 0.936. The van der Waals surface area contributed by atoms with Crippen LogP contribution in [-0.2, 0) is 4.79 Å². The second-order valence-electron chi connectivity index (χ2n) is 5.33. The van der Waals surface area contributed by atoms with E-state index >= 15 is 0 Å². The zero-order chi connectivity index (χ0) is 19.3. The lowest BCUT2D eigenvalue weighted by Crippen LogP contribution is -2.20. The quantitative estimate of drug-likeness (QED) is 0.648. The van der Waals surface area contributed by atoms with Crippen molar-refractivity contribution >= 4 is 29.3 Å². The number of carbonyl (C=O) groups is 4. The summed E-state index contributed by atoms with van der Waals surface area (Å²) in [5.41, 5.74) is 0.296. The highest BCUT2D eigenvalue weighted by molar-refractivity contribution is 5.97. The van der Waals surface area contributed by atoms with Crippen LogP contribution in [0.2, 0.25) is 0 Å². The minimum Gasteiger partial charge on any atom is -0.484 e. The number of carboxylic acid groups (broad SMARTS) is 2. The molecule has 0 unspecified atom stereocenters. The van der Waals surface area contributed by atoms with E-state index in [2.05, 4.69) is 5.32 Å². The molecule has 2 aromatic rings. The predicted molar refractivity (Wildman–Crippen MR) is 90.9 cm³/mol. The van der Waals surface area contributed by atoms with Crippen molar-refractivity contribution in [2.24, 2.45) is 0 Å². The Bertz CT molecular complexity index is 857. The van der Waals surface area contributed by atoms with Gasteiger partial charge in [0.1, 0.15) is 5.75 Å². The molecule has 0 aliphatic heterocycles. The number of hydrogen-bond acceptors (Lipinski definition) is 5. The van der Waals surface area contributed by atoms with E-state index in [0.717, 1.165) is 18.2 Å². The van der Waals surface area contributed by atoms with Crippen molar-refractivity contribution in [3.63, 3.8) is 0 Å². The maximum Gasteiger partial charge on any atom is 0.335 e. The highest BCUT2D eigenvalue weighted by Crippen LogP contribution is 2.18. The molecule has 0 aromatic heterocycles. The molecule has 2 aromatic carbocycles. The van der Waals surface area contributed by atoms with Crippen molar-refractivity contribution in [2.45, 2.75) is 6.92 Å². The second-order valence-corrected chi connectivity index (χ2v) is 5.33. The van der Waals surface area contributed by atoms with Gasteiger partial charge in [-0.05, 0) is 37.3 Å². The molecule has 0 bridgehead atoms. The number of carboxylic acids is 2. The molecule has 0 aliphatic carbocycles. The fourth-order valence-corrected chi connectivity index (χ4v) is 2.09. The van der Waals surface area contributed by atoms with E-state index < -0.39 is 24.5 Å². The number of hydrogen-bond donors (Lipinski definition) is 3. The van der Waals surface area contributed by atoms with E-state index in [9.17, 15) is 19.2 Å². The first-order chi connectivity index (χ1) is 12.3. The smallest absolute Gasteiger partial charge is 0.335 e. The fraction of sp³-hybridized carbons (Fsp3) is 0.111. The van der Waals surface area contributed by atoms with Crippen LogP contribution < -0.4 is 10.1 Å². The van der Waals surface area contributed by atoms with E-state index in [1.165, 1.54) is 13.0 Å². The standard InChI is InChI=1S/C18H15NO7/c1-10(20)11-3-2-4-14(6-11)19-16(21)9-26-15-7-12(17(22)23)5-13(8-15)18(24)25/h2-8H,9H2,1H3,(H,19,21)(H,22,23)(H,24,25). The van der Waals surface area contributed by atoms with Crippen molar-refractivity contribution in [2.75, 3.05) is 11.9 Å². The Hall–Kier alpha value is -3.68. The molecule has 0 saturated carbocycles. The van der Waals surface area contributed by atoms with Gasteiger partial charge in [-0.25, -0.2) is 9.59 Å². The van der Waals surface area contributed by atoms with Crippen molar-refractivity contribution in [3.05, 3.63) is 59.2 Å². The Morgan fingerprint density at radius 2 is 1.54 bits per heavy atom. The lowest BCUT2D eigenvalue weighted by atomic mass is 10.1. The summed E-state index contributed by atoms with van der Waals surface area (Å²) in [7, 11) is 0. The van der Waals surface area contributed by atoms with Crippen LogP contribution in [0.15, 0.2) is 42.5 Å². The molecule has 0 fully saturated rings. The molecule has 0 aliphatic rings. The van der Waals surface area contributed by atoms with Crippen LogP contribution in [0.25, 0.3) is 0 Å². The van der Waals surface area contributed by atoms with Gasteiger partial charge in [-0.3, -0.25) is 9.59 Å². The van der Waals surface area contributed by atoms with Crippen LogP contribution >= 0.6 is 0 Å². The van der Waals surface area contributed by atoms with E-state index in [-0.39, 0.29) is 22.7 Å². The number of Topliss-reactive ketones (excluding diaryl/α,β-unsaturated/α-hetero) is 1. The number of aromatic carboxylic acids is 2. The SMILES string of the molecule is CC(=O)c1cccc(NC(=O)COc2cc(C(=O)O)cc(C(=O)O)c2)c1. The maximum absolute atomic E-state index is 12.0. The first-order valence-electron chi connectivity index (χ1n) is 7.41. The molecule has 0 atom stereocenters. The number of nitrogens with one attached hydrogen (secondary N) is 1. The van der Waals surface area contributed by atoms with E-state index in [1.54, 1.807) is 18.2 Å². The van der Waals surface area contributed by atoms with Gasteiger partial charge in [-0.15, -0.1) is 0 Å². The zero-order valence-electron chi connectivity index (χ0n) is 13.7. The first kappa shape index (κ1) is 18.7. The van der Waals surface area contributed by atoms with E-state index in [0.29, 0.717) is 11.3 Å². The average Bonchev–Trinajstić information content (AvgIpc) is 2.59. The highest BCUT2D eigenvalue weighted by atomic mass is 16.5. The van der Waals surface area contributed by atoms with Gasteiger partial charge in [0.25, 0.3) is 5.91 Å². The molecule has 0 spiro atoms. The Kier molecular flexibility index (Phi) is 5.69. The third-order valence-corrected chi connectivity index (χ3v) is 3.32. The molecule has 0 radical (unpaired) electrons. The van der Waals surface area contributed by atoms with Crippen LogP contribution in [0.4, 0.5) is 5.69 Å². The molecule has 134 valence electrons. The van der Waals surface area contributed by atoms with E-state index in [1.807, 2.05) is 0 Å². The summed E-state index contributed by atoms with van der Waals surface area (Å²) in [4.78, 5) is 45.4. The lowest BCUT2D eigenvalue weighted by Gasteiger charge is -2.09. The molecule has 1 amide bonds. The lowest BCUT2D eigenvalue weighted by molar-refractivity contribution is -0.118. The molecule has 8 nitrogen and oxygen atoms in total. The number of amides is 1. The number of anilines is 1. The zero-order valence-corrected chi connectivity index (χ0v) is 13.7. The molecule has 0 saturated heterocycles. The van der Waals surface area contributed by atoms with Crippen LogP contribution in [0.3, 0.4) is 0 Å². The van der Waals surface area contributed by atoms with Crippen molar-refractivity contribution in [3.8, 4) is 5.75 Å². The van der Waals surface area contributed by atoms with Gasteiger partial charge < -0.3 is 20.3 Å². The topological polar surface area (TPSA) is 130 Å². The fourth-order valence-electron chi connectivity index (χ4n) is 2.09. The number of ether oxygens (including phenoxy) is 1. The van der Waals surface area contributed by atoms with Gasteiger partial charge in [0.05, 0.1) is 11.1 Å². The van der Waals surface area contributed by atoms with Crippen molar-refractivity contribution in [1.29, 1.82) is 0 Å². The number of rotatable bonds is 7. The predicted octanol–water partition coefficient (Wildman–Crippen LogP) is 2.30. The summed E-state index contributed by atoms with van der Waals surface area (Å²) in [6.07, 6.45) is 0. The van der Waals surface area contributed by atoms with Crippen LogP contribution in [0.5, 0.6) is 5.75 Å². The third-order valence-electron chi connectivity index (χ3n) is 3.32. The van der Waals surface area contributed by atoms with Crippen LogP contribution in [-0.4, -0.2) is 40.4 Å². The van der Waals surface area contributed by atoms with Gasteiger partial charge >= 0.3 is 11.9 Å². The Morgan fingerprint density at radius 3 is 2.08 bits per heavy atom. The minimum absolute atomic E-state index is 0.0602. The molecule has 8 heteroatoms. The molecule has 0 heterocycles. The van der Waals surface area contributed by atoms with Gasteiger partial charge in [0, 0.05) is 11.3 Å². The van der Waals surface area contributed by atoms with Crippen molar-refractivity contribution in [1.82, 2.24) is 0 Å². The third kappa shape index (κ3) is 4.91. The largest absolute Gasteiger partial charge is 0.484 e. The van der Waals surface area contributed by atoms with Gasteiger partial charge in [-0.1, -0.05) is 12.1 Å². The van der Waals surface area contributed by atoms with Gasteiger partial charge in [0.15, 0.2) is 12.4 Å². The Labute approximate surface area is 148 Å². The normalized spacial score (nSPS) is 10.0. The van der Waals surface area contributed by atoms with Crippen LogP contribution in [0.1, 0.15) is 38.0 Å². The molecule has 26 heavy (non-hydrogen) atoms. The summed E-state index contributed by atoms with van der Waals surface area (Å²) in [5, 5.41) is 20.5. The summed E-state index contributed by atoms with van der Waals surface area (Å²) in [6, 6.07) is 9.56. The van der Waals surface area contributed by atoms with Gasteiger partial charge in [0.2, 0.25) is 0 Å². The second kappa shape index (κ2) is 7.93. The minimum atomic E-state index is -1.32. The highest BCUT2D eigenvalue weighted by Gasteiger charge is 2.13.